The van der Waals surface area contributed by atoms with E-state index in [4.69, 9.17) is 10.5 Å². The quantitative estimate of drug-likeness (QED) is 0.585. The van der Waals surface area contributed by atoms with E-state index < -0.39 is 18.9 Å². The predicted octanol–water partition coefficient (Wildman–Crippen LogP) is 2.94. The molecule has 1 heterocycles. The van der Waals surface area contributed by atoms with Crippen LogP contribution in [0.2, 0.25) is 16.8 Å². The van der Waals surface area contributed by atoms with Crippen LogP contribution in [0.4, 0.5) is 16.2 Å². The number of rotatable bonds is 0. The first-order valence-corrected chi connectivity index (χ1v) is 13.7. The van der Waals surface area contributed by atoms with Gasteiger partial charge in [-0.3, -0.25) is 0 Å². The van der Waals surface area contributed by atoms with E-state index in [0.717, 1.165) is 17.5 Å². The van der Waals surface area contributed by atoms with Gasteiger partial charge in [0.15, 0.2) is 0 Å². The zero-order chi connectivity index (χ0) is 15.1. The van der Waals surface area contributed by atoms with Crippen LogP contribution in [0.1, 0.15) is 20.8 Å². The second kappa shape index (κ2) is 4.99. The molecule has 20 heavy (non-hydrogen) atoms. The van der Waals surface area contributed by atoms with E-state index in [-0.39, 0.29) is 6.09 Å². The van der Waals surface area contributed by atoms with Crippen LogP contribution < -0.4 is 15.0 Å². The van der Waals surface area contributed by atoms with Crippen molar-refractivity contribution < 1.29 is 9.53 Å². The summed E-state index contributed by atoms with van der Waals surface area (Å²) in [6.07, 6.45) is -0.276. The van der Waals surface area contributed by atoms with E-state index >= 15 is 0 Å². The molecule has 110 valence electrons. The molecular weight excluding hydrogens is 313 g/mol. The summed E-state index contributed by atoms with van der Waals surface area (Å²) in [6.45, 7) is 6.39. The molecule has 0 saturated carbocycles. The fourth-order valence-electron chi connectivity index (χ4n) is 2.50. The molecule has 0 radical (unpaired) electrons. The fraction of sp³-hybridized carbons (Fsp3) is 0.533. The number of fused-ring (bicyclic) bond motifs is 1. The average molecular weight is 337 g/mol. The molecular formula is C15H24GeN2O2. The normalized spacial score (nSPS) is 17.6. The van der Waals surface area contributed by atoms with E-state index in [1.807, 2.05) is 32.9 Å². The molecule has 2 rings (SSSR count). The third-order valence-electron chi connectivity index (χ3n) is 3.62. The van der Waals surface area contributed by atoms with E-state index in [1.165, 1.54) is 4.40 Å². The third-order valence-corrected chi connectivity index (χ3v) is 10.7. The zero-order valence-corrected chi connectivity index (χ0v) is 15.1. The second-order valence-electron chi connectivity index (χ2n) is 7.04. The van der Waals surface area contributed by atoms with E-state index in [2.05, 4.69) is 17.6 Å². The van der Waals surface area contributed by atoms with E-state index in [0.29, 0.717) is 5.69 Å². The Hall–Kier alpha value is -1.17. The zero-order valence-electron chi connectivity index (χ0n) is 13.0. The number of nitrogens with two attached hydrogens (primary N) is 1. The number of nitrogen functional groups attached to an aromatic ring is 1. The Kier molecular flexibility index (Phi) is 3.80. The van der Waals surface area contributed by atoms with Crippen LogP contribution >= 0.6 is 0 Å². The van der Waals surface area contributed by atoms with Crippen molar-refractivity contribution in [2.75, 3.05) is 17.2 Å². The fourth-order valence-corrected chi connectivity index (χ4v) is 7.72. The van der Waals surface area contributed by atoms with Crippen LogP contribution in [-0.4, -0.2) is 31.5 Å². The summed E-state index contributed by atoms with van der Waals surface area (Å²) >= 11 is -2.02. The number of amides is 1. The van der Waals surface area contributed by atoms with Gasteiger partial charge in [0.1, 0.15) is 0 Å². The van der Waals surface area contributed by atoms with Crippen LogP contribution in [0.25, 0.3) is 0 Å². The molecule has 0 bridgehead atoms. The minimum absolute atomic E-state index is 0.276. The number of carbonyl (C=O) groups excluding carboxylic acids is 1. The Morgan fingerprint density at radius 1 is 1.35 bits per heavy atom. The standard InChI is InChI=1S/C15H24GeN2O2/c1-15(2,3)20-14(19)18-9-8-16(4,5)12-7-6-11(17)10-13(12)18/h6-7,10H,8-9,17H2,1-5H3. The van der Waals surface area contributed by atoms with Gasteiger partial charge in [-0.2, -0.15) is 0 Å². The summed E-state index contributed by atoms with van der Waals surface area (Å²) < 4.78 is 6.84. The summed E-state index contributed by atoms with van der Waals surface area (Å²) in [4.78, 5) is 14.1. The van der Waals surface area contributed by atoms with Gasteiger partial charge in [0.05, 0.1) is 0 Å². The first-order chi connectivity index (χ1) is 9.10. The maximum atomic E-state index is 12.4. The Morgan fingerprint density at radius 2 is 2.00 bits per heavy atom. The SMILES string of the molecule is CC(C)(C)OC(=O)N1C[CH2][Ge]([CH3])([CH3])[c]2ccc(N)cc21. The summed E-state index contributed by atoms with van der Waals surface area (Å²) in [5.41, 5.74) is 7.07. The third kappa shape index (κ3) is 3.11. The first-order valence-electron chi connectivity index (χ1n) is 7.01. The van der Waals surface area contributed by atoms with Gasteiger partial charge in [-0.1, -0.05) is 0 Å². The van der Waals surface area contributed by atoms with Gasteiger partial charge >= 0.3 is 123 Å². The average Bonchev–Trinajstić information content (AvgIpc) is 2.25. The number of benzene rings is 1. The van der Waals surface area contributed by atoms with Crippen molar-refractivity contribution in [1.82, 2.24) is 0 Å². The van der Waals surface area contributed by atoms with Gasteiger partial charge in [-0.25, -0.2) is 0 Å². The van der Waals surface area contributed by atoms with E-state index in [9.17, 15) is 4.79 Å². The molecule has 0 fully saturated rings. The Morgan fingerprint density at radius 3 is 2.60 bits per heavy atom. The molecule has 1 amide bonds. The molecule has 1 aromatic carbocycles. The van der Waals surface area contributed by atoms with Crippen molar-refractivity contribution in [3.05, 3.63) is 18.2 Å². The van der Waals surface area contributed by atoms with Crippen molar-refractivity contribution in [2.45, 2.75) is 43.1 Å². The van der Waals surface area contributed by atoms with Gasteiger partial charge < -0.3 is 0 Å². The molecule has 0 atom stereocenters. The Bertz CT molecular complexity index is 535. The summed E-state index contributed by atoms with van der Waals surface area (Å²) in [6, 6.07) is 5.94. The van der Waals surface area contributed by atoms with Gasteiger partial charge in [-0.15, -0.1) is 0 Å². The Balaban J connectivity index is 2.39. The second-order valence-corrected chi connectivity index (χ2v) is 17.1. The van der Waals surface area contributed by atoms with Gasteiger partial charge in [0, 0.05) is 0 Å². The van der Waals surface area contributed by atoms with Gasteiger partial charge in [-0.05, 0) is 0 Å². The van der Waals surface area contributed by atoms with Crippen LogP contribution in [0.15, 0.2) is 18.2 Å². The molecule has 4 nitrogen and oxygen atoms in total. The van der Waals surface area contributed by atoms with Gasteiger partial charge in [0.2, 0.25) is 0 Å². The molecule has 1 aliphatic rings. The molecule has 0 spiro atoms. The molecule has 1 aromatic rings. The molecule has 5 heteroatoms. The monoisotopic (exact) mass is 338 g/mol. The molecule has 0 aliphatic carbocycles. The number of anilines is 2. The molecule has 1 aliphatic heterocycles. The van der Waals surface area contributed by atoms with Crippen molar-refractivity contribution >= 4 is 35.1 Å². The molecule has 0 saturated heterocycles. The predicted molar refractivity (Wildman–Crippen MR) is 86.4 cm³/mol. The van der Waals surface area contributed by atoms with Crippen molar-refractivity contribution in [2.24, 2.45) is 0 Å². The number of nitrogens with zero attached hydrogens (tertiary/aromatic N) is 1. The van der Waals surface area contributed by atoms with Crippen LogP contribution in [0.5, 0.6) is 0 Å². The maximum absolute atomic E-state index is 12.4. The Labute approximate surface area is 123 Å². The summed E-state index contributed by atoms with van der Waals surface area (Å²) in [5.74, 6) is 4.75. The molecule has 2 N–H and O–H groups in total. The first kappa shape index (κ1) is 15.2. The molecule has 0 unspecified atom stereocenters. The minimum atomic E-state index is -2.02. The summed E-state index contributed by atoms with van der Waals surface area (Å²) in [5, 5.41) is 1.09. The van der Waals surface area contributed by atoms with Crippen molar-refractivity contribution in [3.63, 3.8) is 0 Å². The van der Waals surface area contributed by atoms with E-state index in [1.54, 1.807) is 4.90 Å². The topological polar surface area (TPSA) is 55.6 Å². The van der Waals surface area contributed by atoms with Crippen molar-refractivity contribution in [3.8, 4) is 0 Å². The number of hydrogen-bond acceptors (Lipinski definition) is 3. The van der Waals surface area contributed by atoms with Crippen LogP contribution in [0.3, 0.4) is 0 Å². The number of carbonyl (C=O) groups is 1. The number of ether oxygens (including phenoxy) is 1. The van der Waals surface area contributed by atoms with Crippen LogP contribution in [-0.2, 0) is 4.74 Å². The number of hydrogen-bond donors (Lipinski definition) is 1. The van der Waals surface area contributed by atoms with Crippen molar-refractivity contribution in [1.29, 1.82) is 0 Å². The van der Waals surface area contributed by atoms with Crippen LogP contribution in [0, 0.1) is 0 Å². The summed E-state index contributed by atoms with van der Waals surface area (Å²) in [7, 11) is 0. The van der Waals surface area contributed by atoms with Gasteiger partial charge in [0.25, 0.3) is 0 Å². The molecule has 0 aromatic heterocycles.